The van der Waals surface area contributed by atoms with Crippen LogP contribution in [-0.4, -0.2) is 19.2 Å². The number of carbonyl (C=O) groups excluding carboxylic acids is 1. The van der Waals surface area contributed by atoms with Crippen LogP contribution in [0.3, 0.4) is 0 Å². The van der Waals surface area contributed by atoms with Crippen molar-refractivity contribution in [2.75, 3.05) is 13.2 Å². The highest BCUT2D eigenvalue weighted by molar-refractivity contribution is 5.69. The molecule has 0 spiro atoms. The Bertz CT molecular complexity index is 349. The first-order valence-electron chi connectivity index (χ1n) is 6.26. The average Bonchev–Trinajstić information content (AvgIpc) is 2.38. The van der Waals surface area contributed by atoms with Crippen LogP contribution in [0.4, 0.5) is 4.39 Å². The fourth-order valence-electron chi connectivity index (χ4n) is 1.36. The minimum absolute atomic E-state index is 0.154. The van der Waals surface area contributed by atoms with Crippen molar-refractivity contribution in [2.45, 2.75) is 32.6 Å². The van der Waals surface area contributed by atoms with Crippen LogP contribution in [-0.2, 0) is 9.53 Å². The molecule has 0 aliphatic carbocycles. The van der Waals surface area contributed by atoms with Gasteiger partial charge in [0.05, 0.1) is 13.2 Å². The van der Waals surface area contributed by atoms with E-state index in [1.54, 1.807) is 12.1 Å². The van der Waals surface area contributed by atoms with Gasteiger partial charge in [0.15, 0.2) is 0 Å². The molecule has 0 aliphatic rings. The summed E-state index contributed by atoms with van der Waals surface area (Å²) >= 11 is 0. The fourth-order valence-corrected chi connectivity index (χ4v) is 1.36. The molecule has 0 heterocycles. The first kappa shape index (κ1) is 14.5. The van der Waals surface area contributed by atoms with Crippen molar-refractivity contribution in [1.29, 1.82) is 0 Å². The molecule has 0 aromatic heterocycles. The normalized spacial score (nSPS) is 10.1. The van der Waals surface area contributed by atoms with E-state index in [2.05, 4.69) is 0 Å². The molecule has 0 N–H and O–H groups in total. The largest absolute Gasteiger partial charge is 0.493 e. The number of esters is 1. The lowest BCUT2D eigenvalue weighted by atomic mass is 10.2. The van der Waals surface area contributed by atoms with Gasteiger partial charge in [-0.2, -0.15) is 0 Å². The first-order chi connectivity index (χ1) is 8.72. The van der Waals surface area contributed by atoms with E-state index in [-0.39, 0.29) is 11.8 Å². The molecular formula is C14H19FO3. The summed E-state index contributed by atoms with van der Waals surface area (Å²) in [5, 5.41) is 0. The zero-order valence-corrected chi connectivity index (χ0v) is 10.7. The van der Waals surface area contributed by atoms with Gasteiger partial charge >= 0.3 is 5.97 Å². The third kappa shape index (κ3) is 6.23. The van der Waals surface area contributed by atoms with E-state index in [0.717, 1.165) is 12.8 Å². The summed E-state index contributed by atoms with van der Waals surface area (Å²) in [6.45, 7) is 2.85. The molecule has 1 aromatic rings. The van der Waals surface area contributed by atoms with E-state index in [0.29, 0.717) is 31.8 Å². The molecule has 0 aliphatic heterocycles. The van der Waals surface area contributed by atoms with Crippen molar-refractivity contribution in [3.63, 3.8) is 0 Å². The molecule has 0 amide bonds. The molecule has 0 unspecified atom stereocenters. The molecule has 4 heteroatoms. The fraction of sp³-hybridized carbons (Fsp3) is 0.500. The van der Waals surface area contributed by atoms with Crippen LogP contribution >= 0.6 is 0 Å². The number of hydrogen-bond acceptors (Lipinski definition) is 3. The Balaban J connectivity index is 2.05. The number of rotatable bonds is 8. The van der Waals surface area contributed by atoms with Crippen LogP contribution in [0.15, 0.2) is 24.3 Å². The minimum Gasteiger partial charge on any atom is -0.493 e. The summed E-state index contributed by atoms with van der Waals surface area (Å²) < 4.78 is 23.0. The molecule has 3 nitrogen and oxygen atoms in total. The molecule has 18 heavy (non-hydrogen) atoms. The maximum Gasteiger partial charge on any atom is 0.305 e. The Hall–Kier alpha value is -1.58. The van der Waals surface area contributed by atoms with Gasteiger partial charge in [-0.1, -0.05) is 13.3 Å². The zero-order valence-electron chi connectivity index (χ0n) is 10.7. The van der Waals surface area contributed by atoms with Crippen molar-refractivity contribution in [3.05, 3.63) is 30.1 Å². The molecular weight excluding hydrogens is 235 g/mol. The second-order valence-electron chi connectivity index (χ2n) is 3.98. The molecule has 0 saturated heterocycles. The van der Waals surface area contributed by atoms with Gasteiger partial charge in [-0.05, 0) is 30.7 Å². The highest BCUT2D eigenvalue weighted by Gasteiger charge is 2.01. The lowest BCUT2D eigenvalue weighted by molar-refractivity contribution is -0.144. The van der Waals surface area contributed by atoms with Crippen LogP contribution in [0.1, 0.15) is 32.6 Å². The van der Waals surface area contributed by atoms with E-state index in [1.807, 2.05) is 6.92 Å². The molecule has 0 saturated carbocycles. The zero-order chi connectivity index (χ0) is 13.2. The third-order valence-electron chi connectivity index (χ3n) is 2.37. The topological polar surface area (TPSA) is 35.5 Å². The lowest BCUT2D eigenvalue weighted by Crippen LogP contribution is -2.08. The maximum atomic E-state index is 12.6. The number of carbonyl (C=O) groups is 1. The average molecular weight is 254 g/mol. The number of halogens is 1. The molecule has 100 valence electrons. The first-order valence-corrected chi connectivity index (χ1v) is 6.26. The molecule has 1 rings (SSSR count). The Morgan fingerprint density at radius 2 is 1.89 bits per heavy atom. The Morgan fingerprint density at radius 1 is 1.17 bits per heavy atom. The van der Waals surface area contributed by atoms with E-state index >= 15 is 0 Å². The van der Waals surface area contributed by atoms with Crippen LogP contribution in [0.25, 0.3) is 0 Å². The quantitative estimate of drug-likeness (QED) is 0.527. The smallest absolute Gasteiger partial charge is 0.305 e. The summed E-state index contributed by atoms with van der Waals surface area (Å²) in [5.41, 5.74) is 0. The number of hydrogen-bond donors (Lipinski definition) is 0. The van der Waals surface area contributed by atoms with Crippen molar-refractivity contribution in [2.24, 2.45) is 0 Å². The predicted octanol–water partition coefficient (Wildman–Crippen LogP) is 3.33. The van der Waals surface area contributed by atoms with Crippen molar-refractivity contribution < 1.29 is 18.7 Å². The van der Waals surface area contributed by atoms with Gasteiger partial charge < -0.3 is 9.47 Å². The van der Waals surface area contributed by atoms with Gasteiger partial charge in [0.1, 0.15) is 11.6 Å². The Kier molecular flexibility index (Phi) is 6.84. The summed E-state index contributed by atoms with van der Waals surface area (Å²) in [6.07, 6.45) is 2.97. The highest BCUT2D eigenvalue weighted by Crippen LogP contribution is 2.11. The molecule has 0 fully saturated rings. The summed E-state index contributed by atoms with van der Waals surface area (Å²) in [6, 6.07) is 5.84. The van der Waals surface area contributed by atoms with Gasteiger partial charge in [0.25, 0.3) is 0 Å². The van der Waals surface area contributed by atoms with Crippen molar-refractivity contribution >= 4 is 5.97 Å². The molecule has 0 radical (unpaired) electrons. The van der Waals surface area contributed by atoms with Crippen LogP contribution in [0.2, 0.25) is 0 Å². The Labute approximate surface area is 107 Å². The van der Waals surface area contributed by atoms with Gasteiger partial charge in [0, 0.05) is 12.8 Å². The van der Waals surface area contributed by atoms with Crippen LogP contribution in [0, 0.1) is 5.82 Å². The van der Waals surface area contributed by atoms with Gasteiger partial charge in [-0.15, -0.1) is 0 Å². The Morgan fingerprint density at radius 3 is 2.56 bits per heavy atom. The maximum absolute atomic E-state index is 12.6. The number of unbranched alkanes of at least 4 members (excludes halogenated alkanes) is 1. The van der Waals surface area contributed by atoms with E-state index in [4.69, 9.17) is 9.47 Å². The van der Waals surface area contributed by atoms with Crippen LogP contribution in [0.5, 0.6) is 5.75 Å². The SMILES string of the molecule is CCCCC(=O)OCCCOc1ccc(F)cc1. The second kappa shape index (κ2) is 8.50. The van der Waals surface area contributed by atoms with Crippen molar-refractivity contribution in [1.82, 2.24) is 0 Å². The summed E-state index contributed by atoms with van der Waals surface area (Å²) in [4.78, 5) is 11.2. The predicted molar refractivity (Wildman–Crippen MR) is 67.0 cm³/mol. The molecule has 1 aromatic carbocycles. The monoisotopic (exact) mass is 254 g/mol. The third-order valence-corrected chi connectivity index (χ3v) is 2.37. The number of benzene rings is 1. The van der Waals surface area contributed by atoms with Gasteiger partial charge in [-0.25, -0.2) is 4.39 Å². The summed E-state index contributed by atoms with van der Waals surface area (Å²) in [5.74, 6) is 0.180. The van der Waals surface area contributed by atoms with Gasteiger partial charge in [0.2, 0.25) is 0 Å². The lowest BCUT2D eigenvalue weighted by Gasteiger charge is -2.06. The number of ether oxygens (including phenoxy) is 2. The second-order valence-corrected chi connectivity index (χ2v) is 3.98. The standard InChI is InChI=1S/C14H19FO3/c1-2-3-5-14(16)18-11-4-10-17-13-8-6-12(15)7-9-13/h6-9H,2-5,10-11H2,1H3. The summed E-state index contributed by atoms with van der Waals surface area (Å²) in [7, 11) is 0. The highest BCUT2D eigenvalue weighted by atomic mass is 19.1. The minimum atomic E-state index is -0.285. The molecule has 0 atom stereocenters. The van der Waals surface area contributed by atoms with E-state index in [9.17, 15) is 9.18 Å². The van der Waals surface area contributed by atoms with Crippen LogP contribution < -0.4 is 4.74 Å². The van der Waals surface area contributed by atoms with Gasteiger partial charge in [-0.3, -0.25) is 4.79 Å². The van der Waals surface area contributed by atoms with E-state index < -0.39 is 0 Å². The van der Waals surface area contributed by atoms with E-state index in [1.165, 1.54) is 12.1 Å². The van der Waals surface area contributed by atoms with Crippen molar-refractivity contribution in [3.8, 4) is 5.75 Å². The molecule has 0 bridgehead atoms.